The number of carbonyl (C=O) groups excluding carboxylic acids is 1. The maximum absolute atomic E-state index is 12.9. The fraction of sp³-hybridized carbons (Fsp3) is 0.188. The third kappa shape index (κ3) is 4.36. The minimum atomic E-state index is -0.468. The fourth-order valence-electron chi connectivity index (χ4n) is 1.76. The van der Waals surface area contributed by atoms with Crippen LogP contribution < -0.4 is 14.8 Å². The van der Waals surface area contributed by atoms with Gasteiger partial charge in [-0.1, -0.05) is 23.7 Å². The molecule has 0 radical (unpaired) electrons. The highest BCUT2D eigenvalue weighted by Gasteiger charge is 2.09. The Labute approximate surface area is 132 Å². The van der Waals surface area contributed by atoms with Crippen LogP contribution >= 0.6 is 11.6 Å². The predicted molar refractivity (Wildman–Crippen MR) is 83.1 cm³/mol. The molecule has 22 heavy (non-hydrogen) atoms. The van der Waals surface area contributed by atoms with Crippen molar-refractivity contribution in [2.75, 3.05) is 18.5 Å². The Hall–Kier alpha value is -2.27. The van der Waals surface area contributed by atoms with Crippen molar-refractivity contribution in [2.24, 2.45) is 0 Å². The van der Waals surface area contributed by atoms with E-state index in [9.17, 15) is 9.18 Å². The van der Waals surface area contributed by atoms with E-state index in [0.717, 1.165) is 6.07 Å². The van der Waals surface area contributed by atoms with E-state index >= 15 is 0 Å². The highest BCUT2D eigenvalue weighted by Crippen LogP contribution is 2.26. The molecule has 0 fully saturated rings. The van der Waals surface area contributed by atoms with Crippen LogP contribution in [0.15, 0.2) is 42.5 Å². The largest absolute Gasteiger partial charge is 0.490 e. The Morgan fingerprint density at radius 1 is 1.18 bits per heavy atom. The number of benzene rings is 2. The third-order valence-corrected chi connectivity index (χ3v) is 3.03. The summed E-state index contributed by atoms with van der Waals surface area (Å²) in [4.78, 5) is 11.9. The summed E-state index contributed by atoms with van der Waals surface area (Å²) in [5, 5.41) is 2.68. The van der Waals surface area contributed by atoms with E-state index in [0.29, 0.717) is 23.8 Å². The third-order valence-electron chi connectivity index (χ3n) is 2.71. The van der Waals surface area contributed by atoms with E-state index in [1.165, 1.54) is 12.1 Å². The van der Waals surface area contributed by atoms with E-state index in [1.54, 1.807) is 18.2 Å². The lowest BCUT2D eigenvalue weighted by Crippen LogP contribution is -2.20. The molecule has 0 saturated heterocycles. The summed E-state index contributed by atoms with van der Waals surface area (Å²) < 4.78 is 23.8. The molecule has 1 amide bonds. The fourth-order valence-corrected chi connectivity index (χ4v) is 1.98. The number of rotatable bonds is 6. The topological polar surface area (TPSA) is 47.6 Å². The smallest absolute Gasteiger partial charge is 0.262 e. The van der Waals surface area contributed by atoms with Gasteiger partial charge >= 0.3 is 0 Å². The Kier molecular flexibility index (Phi) is 5.61. The van der Waals surface area contributed by atoms with Crippen LogP contribution in [0.25, 0.3) is 0 Å². The molecule has 0 saturated carbocycles. The quantitative estimate of drug-likeness (QED) is 0.877. The first kappa shape index (κ1) is 16.1. The van der Waals surface area contributed by atoms with Crippen molar-refractivity contribution in [1.82, 2.24) is 0 Å². The van der Waals surface area contributed by atoms with Crippen molar-refractivity contribution in [3.63, 3.8) is 0 Å². The maximum Gasteiger partial charge on any atom is 0.262 e. The predicted octanol–water partition coefficient (Wildman–Crippen LogP) is 3.90. The van der Waals surface area contributed by atoms with Crippen molar-refractivity contribution >= 4 is 23.2 Å². The normalized spacial score (nSPS) is 10.1. The van der Waals surface area contributed by atoms with Crippen molar-refractivity contribution < 1.29 is 18.7 Å². The molecule has 1 N–H and O–H groups in total. The molecule has 2 rings (SSSR count). The van der Waals surface area contributed by atoms with Gasteiger partial charge in [-0.05, 0) is 37.3 Å². The lowest BCUT2D eigenvalue weighted by Gasteiger charge is -2.12. The van der Waals surface area contributed by atoms with Gasteiger partial charge in [-0.15, -0.1) is 0 Å². The van der Waals surface area contributed by atoms with Crippen LogP contribution in [0.1, 0.15) is 6.92 Å². The zero-order valence-electron chi connectivity index (χ0n) is 11.9. The van der Waals surface area contributed by atoms with E-state index in [4.69, 9.17) is 21.1 Å². The summed E-state index contributed by atoms with van der Waals surface area (Å²) in [6.07, 6.45) is 0. The van der Waals surface area contributed by atoms with Gasteiger partial charge in [0.25, 0.3) is 5.91 Å². The molecule has 0 aromatic heterocycles. The van der Waals surface area contributed by atoms with Gasteiger partial charge in [0.2, 0.25) is 0 Å². The number of nitrogens with one attached hydrogen (secondary N) is 1. The molecule has 0 atom stereocenters. The Balaban J connectivity index is 1.95. The van der Waals surface area contributed by atoms with Crippen LogP contribution in [0.2, 0.25) is 5.02 Å². The lowest BCUT2D eigenvalue weighted by molar-refractivity contribution is -0.118. The standard InChI is InChI=1S/C16H15ClFNO3/c1-2-21-14-5-3-4-6-15(14)22-10-16(20)19-13-8-7-11(18)9-12(13)17/h3-9H,2,10H2,1H3,(H,19,20). The van der Waals surface area contributed by atoms with Crippen molar-refractivity contribution in [1.29, 1.82) is 0 Å². The van der Waals surface area contributed by atoms with Crippen LogP contribution in [0.4, 0.5) is 10.1 Å². The maximum atomic E-state index is 12.9. The van der Waals surface area contributed by atoms with E-state index in [-0.39, 0.29) is 11.6 Å². The summed E-state index contributed by atoms with van der Waals surface area (Å²) >= 11 is 5.84. The molecule has 2 aromatic carbocycles. The molecule has 116 valence electrons. The molecule has 4 nitrogen and oxygen atoms in total. The summed E-state index contributed by atoms with van der Waals surface area (Å²) in [5.74, 6) is 0.173. The van der Waals surface area contributed by atoms with Gasteiger partial charge in [0.05, 0.1) is 17.3 Å². The van der Waals surface area contributed by atoms with Crippen molar-refractivity contribution in [3.8, 4) is 11.5 Å². The number of hydrogen-bond donors (Lipinski definition) is 1. The van der Waals surface area contributed by atoms with Crippen molar-refractivity contribution in [3.05, 3.63) is 53.3 Å². The minimum Gasteiger partial charge on any atom is -0.490 e. The minimum absolute atomic E-state index is 0.128. The van der Waals surface area contributed by atoms with Gasteiger partial charge in [-0.2, -0.15) is 0 Å². The Bertz CT molecular complexity index is 664. The second-order valence-corrected chi connectivity index (χ2v) is 4.75. The summed E-state index contributed by atoms with van der Waals surface area (Å²) in [7, 11) is 0. The van der Waals surface area contributed by atoms with Gasteiger partial charge in [0.15, 0.2) is 18.1 Å². The molecule has 0 aliphatic carbocycles. The second kappa shape index (κ2) is 7.66. The molecule has 0 heterocycles. The van der Waals surface area contributed by atoms with Crippen LogP contribution in [0, 0.1) is 5.82 Å². The van der Waals surface area contributed by atoms with Crippen LogP contribution in [0.3, 0.4) is 0 Å². The molecule has 0 aliphatic rings. The monoisotopic (exact) mass is 323 g/mol. The first-order valence-electron chi connectivity index (χ1n) is 6.69. The number of amides is 1. The number of ether oxygens (including phenoxy) is 2. The second-order valence-electron chi connectivity index (χ2n) is 4.34. The Morgan fingerprint density at radius 2 is 1.86 bits per heavy atom. The highest BCUT2D eigenvalue weighted by atomic mass is 35.5. The van der Waals surface area contributed by atoms with Gasteiger partial charge in [0.1, 0.15) is 5.82 Å². The number of hydrogen-bond acceptors (Lipinski definition) is 3. The first-order valence-corrected chi connectivity index (χ1v) is 7.07. The summed E-state index contributed by atoms with van der Waals surface area (Å²) in [6, 6.07) is 10.8. The SMILES string of the molecule is CCOc1ccccc1OCC(=O)Nc1ccc(F)cc1Cl. The lowest BCUT2D eigenvalue weighted by atomic mass is 10.3. The number of halogens is 2. The molecule has 0 aliphatic heterocycles. The van der Waals surface area contributed by atoms with Gasteiger partial charge in [0, 0.05) is 0 Å². The molecule has 0 bridgehead atoms. The van der Waals surface area contributed by atoms with Crippen molar-refractivity contribution in [2.45, 2.75) is 6.92 Å². The van der Waals surface area contributed by atoms with E-state index in [2.05, 4.69) is 5.32 Å². The molecular weight excluding hydrogens is 309 g/mol. The first-order chi connectivity index (χ1) is 10.6. The molecule has 0 spiro atoms. The number of para-hydroxylation sites is 2. The zero-order chi connectivity index (χ0) is 15.9. The number of anilines is 1. The van der Waals surface area contributed by atoms with E-state index in [1.807, 2.05) is 13.0 Å². The van der Waals surface area contributed by atoms with Gasteiger partial charge in [-0.3, -0.25) is 4.79 Å². The molecule has 0 unspecified atom stereocenters. The summed E-state index contributed by atoms with van der Waals surface area (Å²) in [5.41, 5.74) is 0.328. The van der Waals surface area contributed by atoms with Crippen LogP contribution in [0.5, 0.6) is 11.5 Å². The summed E-state index contributed by atoms with van der Waals surface area (Å²) in [6.45, 7) is 2.15. The van der Waals surface area contributed by atoms with Gasteiger partial charge in [-0.25, -0.2) is 4.39 Å². The van der Waals surface area contributed by atoms with Gasteiger partial charge < -0.3 is 14.8 Å². The zero-order valence-corrected chi connectivity index (χ0v) is 12.7. The number of carbonyl (C=O) groups is 1. The van der Waals surface area contributed by atoms with E-state index < -0.39 is 11.7 Å². The average molecular weight is 324 g/mol. The molecule has 2 aromatic rings. The van der Waals surface area contributed by atoms with Crippen LogP contribution in [-0.2, 0) is 4.79 Å². The average Bonchev–Trinajstić information content (AvgIpc) is 2.49. The van der Waals surface area contributed by atoms with Crippen LogP contribution in [-0.4, -0.2) is 19.1 Å². The molecule has 6 heteroatoms. The Morgan fingerprint density at radius 3 is 2.50 bits per heavy atom. The molecular formula is C16H15ClFNO3. The highest BCUT2D eigenvalue weighted by molar-refractivity contribution is 6.33.